The van der Waals surface area contributed by atoms with Crippen molar-refractivity contribution in [2.45, 2.75) is 45.0 Å². The molecule has 1 aliphatic heterocycles. The molecule has 0 spiro atoms. The van der Waals surface area contributed by atoms with Crippen LogP contribution in [-0.4, -0.2) is 41.8 Å². The zero-order valence-corrected chi connectivity index (χ0v) is 16.9. The quantitative estimate of drug-likeness (QED) is 0.740. The van der Waals surface area contributed by atoms with Gasteiger partial charge in [-0.15, -0.1) is 0 Å². The minimum absolute atomic E-state index is 0.0334. The van der Waals surface area contributed by atoms with Crippen LogP contribution in [0.4, 0.5) is 18.0 Å². The molecule has 9 heteroatoms. The van der Waals surface area contributed by atoms with E-state index in [0.717, 1.165) is 0 Å². The van der Waals surface area contributed by atoms with Crippen molar-refractivity contribution < 1.29 is 27.5 Å². The van der Waals surface area contributed by atoms with Gasteiger partial charge in [0.1, 0.15) is 5.60 Å². The van der Waals surface area contributed by atoms with Crippen LogP contribution in [0.2, 0.25) is 0 Å². The van der Waals surface area contributed by atoms with E-state index in [-0.39, 0.29) is 25.1 Å². The number of alkyl halides is 3. The molecule has 2 amide bonds. The van der Waals surface area contributed by atoms with E-state index in [1.54, 1.807) is 20.8 Å². The highest BCUT2D eigenvalue weighted by Gasteiger charge is 2.43. The summed E-state index contributed by atoms with van der Waals surface area (Å²) in [4.78, 5) is 25.8. The first-order chi connectivity index (χ1) is 12.4. The highest BCUT2D eigenvalue weighted by molar-refractivity contribution is 9.10. The minimum atomic E-state index is -4.63. The van der Waals surface area contributed by atoms with Crippen molar-refractivity contribution in [2.24, 2.45) is 5.92 Å². The van der Waals surface area contributed by atoms with Crippen molar-refractivity contribution in [1.82, 2.24) is 10.2 Å². The second kappa shape index (κ2) is 8.08. The van der Waals surface area contributed by atoms with Gasteiger partial charge in [0.05, 0.1) is 5.92 Å². The first kappa shape index (κ1) is 21.5. The molecule has 1 aromatic rings. The van der Waals surface area contributed by atoms with Gasteiger partial charge in [0.15, 0.2) is 6.04 Å². The lowest BCUT2D eigenvalue weighted by Gasteiger charge is -2.25. The van der Waals surface area contributed by atoms with Crippen LogP contribution < -0.4 is 5.32 Å². The summed E-state index contributed by atoms with van der Waals surface area (Å²) < 4.78 is 46.2. The number of carbonyl (C=O) groups excluding carboxylic acids is 2. The summed E-state index contributed by atoms with van der Waals surface area (Å²) in [5, 5.41) is 2.08. The smallest absolute Gasteiger partial charge is 0.412 e. The average Bonchev–Trinajstić information content (AvgIpc) is 3.01. The Morgan fingerprint density at radius 1 is 1.22 bits per heavy atom. The molecular weight excluding hydrogens is 429 g/mol. The molecule has 1 fully saturated rings. The molecule has 0 bridgehead atoms. The first-order valence-electron chi connectivity index (χ1n) is 8.47. The summed E-state index contributed by atoms with van der Waals surface area (Å²) in [5.41, 5.74) is -0.735. The van der Waals surface area contributed by atoms with Crippen LogP contribution in [0.5, 0.6) is 0 Å². The Morgan fingerprint density at radius 3 is 2.33 bits per heavy atom. The molecule has 1 aromatic carbocycles. The number of benzene rings is 1. The van der Waals surface area contributed by atoms with Crippen LogP contribution in [0.1, 0.15) is 38.8 Å². The number of hydrogen-bond donors (Lipinski definition) is 1. The SMILES string of the molecule is CC(C)(C)OC(=O)N1CCC(C(=O)N[C@@H](c2ccc(Br)cc2)C(F)(F)F)C1. The fourth-order valence-electron chi connectivity index (χ4n) is 2.74. The van der Waals surface area contributed by atoms with Crippen molar-refractivity contribution in [3.63, 3.8) is 0 Å². The highest BCUT2D eigenvalue weighted by atomic mass is 79.9. The molecule has 0 aliphatic carbocycles. The fraction of sp³-hybridized carbons (Fsp3) is 0.556. The van der Waals surface area contributed by atoms with E-state index in [4.69, 9.17) is 4.74 Å². The summed E-state index contributed by atoms with van der Waals surface area (Å²) in [7, 11) is 0. The topological polar surface area (TPSA) is 58.6 Å². The summed E-state index contributed by atoms with van der Waals surface area (Å²) in [6, 6.07) is 3.49. The monoisotopic (exact) mass is 450 g/mol. The molecule has 1 heterocycles. The van der Waals surface area contributed by atoms with E-state index in [0.29, 0.717) is 4.47 Å². The highest BCUT2D eigenvalue weighted by Crippen LogP contribution is 2.34. The number of halogens is 4. The number of ether oxygens (including phenoxy) is 1. The van der Waals surface area contributed by atoms with Crippen LogP contribution in [0.3, 0.4) is 0 Å². The van der Waals surface area contributed by atoms with Crippen molar-refractivity contribution in [3.05, 3.63) is 34.3 Å². The lowest BCUT2D eigenvalue weighted by molar-refractivity contribution is -0.164. The maximum atomic E-state index is 13.4. The summed E-state index contributed by atoms with van der Waals surface area (Å²) in [6.07, 6.45) is -4.92. The second-order valence-electron chi connectivity index (χ2n) is 7.45. The van der Waals surface area contributed by atoms with Gasteiger partial charge >= 0.3 is 12.3 Å². The third kappa shape index (κ3) is 6.12. The third-order valence-electron chi connectivity index (χ3n) is 4.03. The number of nitrogens with one attached hydrogen (secondary N) is 1. The molecule has 1 aliphatic rings. The second-order valence-corrected chi connectivity index (χ2v) is 8.36. The molecule has 1 N–H and O–H groups in total. The van der Waals surface area contributed by atoms with E-state index < -0.39 is 35.7 Å². The summed E-state index contributed by atoms with van der Waals surface area (Å²) in [5.74, 6) is -1.44. The van der Waals surface area contributed by atoms with Gasteiger partial charge in [0.25, 0.3) is 0 Å². The first-order valence-corrected chi connectivity index (χ1v) is 9.26. The third-order valence-corrected chi connectivity index (χ3v) is 4.56. The Labute approximate surface area is 164 Å². The lowest BCUT2D eigenvalue weighted by Crippen LogP contribution is -2.42. The van der Waals surface area contributed by atoms with Gasteiger partial charge in [-0.25, -0.2) is 4.79 Å². The summed E-state index contributed by atoms with van der Waals surface area (Å²) >= 11 is 3.17. The Hall–Kier alpha value is -1.77. The molecule has 5 nitrogen and oxygen atoms in total. The van der Waals surface area contributed by atoms with Gasteiger partial charge in [-0.2, -0.15) is 13.2 Å². The number of rotatable bonds is 3. The molecule has 1 unspecified atom stereocenters. The number of hydrogen-bond acceptors (Lipinski definition) is 3. The molecule has 0 saturated carbocycles. The molecule has 2 rings (SSSR count). The Morgan fingerprint density at radius 2 is 1.81 bits per heavy atom. The van der Waals surface area contributed by atoms with Gasteiger partial charge in [-0.3, -0.25) is 4.79 Å². The Bertz CT molecular complexity index is 687. The standard InChI is InChI=1S/C18H22BrF3N2O3/c1-17(2,3)27-16(26)24-9-8-12(10-24)15(25)23-14(18(20,21)22)11-4-6-13(19)7-5-11/h4-7,12,14H,8-10H2,1-3H3,(H,23,25)/t12?,14-/m0/s1. The predicted octanol–water partition coefficient (Wildman–Crippen LogP) is 4.43. The van der Waals surface area contributed by atoms with E-state index in [9.17, 15) is 22.8 Å². The number of amides is 2. The largest absolute Gasteiger partial charge is 0.444 e. The van der Waals surface area contributed by atoms with Crippen LogP contribution in [0.25, 0.3) is 0 Å². The Balaban J connectivity index is 2.04. The molecule has 0 aromatic heterocycles. The normalized spacial score (nSPS) is 18.9. The van der Waals surface area contributed by atoms with E-state index in [1.165, 1.54) is 29.2 Å². The summed E-state index contributed by atoms with van der Waals surface area (Å²) in [6.45, 7) is 5.46. The number of nitrogens with zero attached hydrogens (tertiary/aromatic N) is 1. The van der Waals surface area contributed by atoms with Gasteiger partial charge in [0.2, 0.25) is 5.91 Å². The average molecular weight is 451 g/mol. The van der Waals surface area contributed by atoms with Gasteiger partial charge < -0.3 is 15.0 Å². The molecule has 150 valence electrons. The van der Waals surface area contributed by atoms with Gasteiger partial charge in [-0.1, -0.05) is 28.1 Å². The minimum Gasteiger partial charge on any atom is -0.444 e. The fourth-order valence-corrected chi connectivity index (χ4v) is 3.00. The number of likely N-dealkylation sites (tertiary alicyclic amines) is 1. The lowest BCUT2D eigenvalue weighted by atomic mass is 10.0. The van der Waals surface area contributed by atoms with Crippen molar-refractivity contribution >= 4 is 27.9 Å². The molecule has 1 saturated heterocycles. The van der Waals surface area contributed by atoms with Crippen molar-refractivity contribution in [2.75, 3.05) is 13.1 Å². The van der Waals surface area contributed by atoms with Gasteiger partial charge in [0, 0.05) is 17.6 Å². The zero-order valence-electron chi connectivity index (χ0n) is 15.3. The Kier molecular flexibility index (Phi) is 6.44. The molecule has 2 atom stereocenters. The van der Waals surface area contributed by atoms with E-state index >= 15 is 0 Å². The van der Waals surface area contributed by atoms with Crippen LogP contribution in [0.15, 0.2) is 28.7 Å². The maximum absolute atomic E-state index is 13.4. The van der Waals surface area contributed by atoms with E-state index in [2.05, 4.69) is 21.2 Å². The van der Waals surface area contributed by atoms with Crippen LogP contribution in [0, 0.1) is 5.92 Å². The van der Waals surface area contributed by atoms with Crippen molar-refractivity contribution in [3.8, 4) is 0 Å². The molecule has 0 radical (unpaired) electrons. The van der Waals surface area contributed by atoms with Crippen LogP contribution in [-0.2, 0) is 9.53 Å². The van der Waals surface area contributed by atoms with E-state index in [1.807, 2.05) is 0 Å². The van der Waals surface area contributed by atoms with Crippen molar-refractivity contribution in [1.29, 1.82) is 0 Å². The number of carbonyl (C=O) groups is 2. The molecular formula is C18H22BrF3N2O3. The van der Waals surface area contributed by atoms with Crippen LogP contribution >= 0.6 is 15.9 Å². The zero-order chi connectivity index (χ0) is 20.4. The predicted molar refractivity (Wildman–Crippen MR) is 97.0 cm³/mol. The molecule has 27 heavy (non-hydrogen) atoms. The van der Waals surface area contributed by atoms with Gasteiger partial charge in [-0.05, 0) is 44.9 Å². The maximum Gasteiger partial charge on any atom is 0.412 e.